The Morgan fingerprint density at radius 1 is 1.43 bits per heavy atom. The highest BCUT2D eigenvalue weighted by Gasteiger charge is 2.20. The van der Waals surface area contributed by atoms with Gasteiger partial charge in [-0.25, -0.2) is 4.98 Å². The van der Waals surface area contributed by atoms with Crippen LogP contribution < -0.4 is 16.2 Å². The molecule has 1 aliphatic rings. The summed E-state index contributed by atoms with van der Waals surface area (Å²) in [6.45, 7) is 4.26. The number of benzene rings is 1. The molecule has 0 saturated heterocycles. The zero-order valence-corrected chi connectivity index (χ0v) is 13.7. The Bertz CT molecular complexity index is 788. The van der Waals surface area contributed by atoms with Crippen LogP contribution in [-0.4, -0.2) is 27.8 Å². The second-order valence-corrected chi connectivity index (χ2v) is 6.26. The fraction of sp³-hybridized carbons (Fsp3) is 0.312. The first kappa shape index (κ1) is 15.8. The van der Waals surface area contributed by atoms with Gasteiger partial charge in [-0.1, -0.05) is 30.8 Å². The van der Waals surface area contributed by atoms with Gasteiger partial charge >= 0.3 is 0 Å². The lowest BCUT2D eigenvalue weighted by molar-refractivity contribution is 0.102. The van der Waals surface area contributed by atoms with Crippen LogP contribution in [0.3, 0.4) is 0 Å². The van der Waals surface area contributed by atoms with Crippen molar-refractivity contribution in [3.63, 3.8) is 0 Å². The quantitative estimate of drug-likeness (QED) is 0.816. The SMILES string of the molecule is CCNCc1cccc(NC(=O)c2cnc3n(c2=O)CCS3)c1. The lowest BCUT2D eigenvalue weighted by Crippen LogP contribution is -2.29. The Hall–Kier alpha value is -2.12. The van der Waals surface area contributed by atoms with E-state index in [1.165, 1.54) is 18.0 Å². The first-order chi connectivity index (χ1) is 11.2. The molecule has 0 radical (unpaired) electrons. The van der Waals surface area contributed by atoms with E-state index in [0.717, 1.165) is 24.4 Å². The second-order valence-electron chi connectivity index (χ2n) is 5.19. The summed E-state index contributed by atoms with van der Waals surface area (Å²) in [5, 5.41) is 6.70. The molecule has 0 unspecified atom stereocenters. The number of fused-ring (bicyclic) bond motifs is 1. The number of anilines is 1. The molecule has 1 aliphatic heterocycles. The van der Waals surface area contributed by atoms with E-state index in [-0.39, 0.29) is 11.1 Å². The van der Waals surface area contributed by atoms with Crippen LogP contribution in [0.1, 0.15) is 22.8 Å². The topological polar surface area (TPSA) is 76.0 Å². The van der Waals surface area contributed by atoms with Gasteiger partial charge in [0.25, 0.3) is 11.5 Å². The van der Waals surface area contributed by atoms with Crippen LogP contribution in [0.2, 0.25) is 0 Å². The maximum atomic E-state index is 12.4. The zero-order chi connectivity index (χ0) is 16.2. The minimum Gasteiger partial charge on any atom is -0.322 e. The standard InChI is InChI=1S/C16H18N4O2S/c1-2-17-9-11-4-3-5-12(8-11)19-14(21)13-10-18-16-20(15(13)22)6-7-23-16/h3-5,8,10,17H,2,6-7,9H2,1H3,(H,19,21). The van der Waals surface area contributed by atoms with Gasteiger partial charge < -0.3 is 10.6 Å². The Kier molecular flexibility index (Phi) is 4.78. The van der Waals surface area contributed by atoms with Crippen LogP contribution in [0.25, 0.3) is 0 Å². The molecule has 0 aliphatic carbocycles. The van der Waals surface area contributed by atoms with Crippen LogP contribution in [-0.2, 0) is 13.1 Å². The number of aromatic nitrogens is 2. The van der Waals surface area contributed by atoms with Crippen LogP contribution in [0.15, 0.2) is 40.4 Å². The van der Waals surface area contributed by atoms with Gasteiger partial charge in [0.15, 0.2) is 5.16 Å². The van der Waals surface area contributed by atoms with Crippen molar-refractivity contribution >= 4 is 23.4 Å². The number of rotatable bonds is 5. The molecule has 0 saturated carbocycles. The molecule has 0 spiro atoms. The van der Waals surface area contributed by atoms with Crippen molar-refractivity contribution in [1.82, 2.24) is 14.9 Å². The van der Waals surface area contributed by atoms with E-state index in [4.69, 9.17) is 0 Å². The maximum Gasteiger partial charge on any atom is 0.267 e. The summed E-state index contributed by atoms with van der Waals surface area (Å²) in [5.41, 5.74) is 1.55. The van der Waals surface area contributed by atoms with Crippen LogP contribution in [0.4, 0.5) is 5.69 Å². The summed E-state index contributed by atoms with van der Waals surface area (Å²) in [4.78, 5) is 28.9. The molecule has 0 bridgehead atoms. The van der Waals surface area contributed by atoms with E-state index < -0.39 is 5.91 Å². The maximum absolute atomic E-state index is 12.4. The largest absolute Gasteiger partial charge is 0.322 e. The molecule has 6 nitrogen and oxygen atoms in total. The van der Waals surface area contributed by atoms with E-state index in [0.29, 0.717) is 17.4 Å². The van der Waals surface area contributed by atoms with Gasteiger partial charge in [0, 0.05) is 30.7 Å². The van der Waals surface area contributed by atoms with E-state index in [1.807, 2.05) is 31.2 Å². The molecule has 7 heteroatoms. The molecular formula is C16H18N4O2S. The summed E-state index contributed by atoms with van der Waals surface area (Å²) in [5.74, 6) is 0.398. The van der Waals surface area contributed by atoms with Gasteiger partial charge in [-0.3, -0.25) is 14.2 Å². The van der Waals surface area contributed by atoms with Crippen molar-refractivity contribution in [2.45, 2.75) is 25.2 Å². The average molecular weight is 330 g/mol. The summed E-state index contributed by atoms with van der Waals surface area (Å²) in [7, 11) is 0. The molecule has 2 aromatic rings. The number of nitrogens with zero attached hydrogens (tertiary/aromatic N) is 2. The van der Waals surface area contributed by atoms with Gasteiger partial charge in [-0.05, 0) is 24.2 Å². The van der Waals surface area contributed by atoms with Gasteiger partial charge in [-0.2, -0.15) is 0 Å². The number of thioether (sulfide) groups is 1. The van der Waals surface area contributed by atoms with Crippen LogP contribution in [0.5, 0.6) is 0 Å². The third kappa shape index (κ3) is 3.46. The minimum atomic E-state index is -0.421. The first-order valence-corrected chi connectivity index (χ1v) is 8.51. The minimum absolute atomic E-state index is 0.0772. The molecule has 1 aromatic heterocycles. The molecule has 0 fully saturated rings. The molecule has 1 amide bonds. The highest BCUT2D eigenvalue weighted by molar-refractivity contribution is 7.99. The number of nitrogens with one attached hydrogen (secondary N) is 2. The number of carbonyl (C=O) groups excluding carboxylic acids is 1. The molecule has 2 N–H and O–H groups in total. The lowest BCUT2D eigenvalue weighted by atomic mass is 10.2. The Labute approximate surface area is 138 Å². The zero-order valence-electron chi connectivity index (χ0n) is 12.8. The fourth-order valence-electron chi connectivity index (χ4n) is 2.40. The predicted octanol–water partition coefficient (Wildman–Crippen LogP) is 1.71. The van der Waals surface area contributed by atoms with E-state index in [9.17, 15) is 9.59 Å². The molecule has 23 heavy (non-hydrogen) atoms. The van der Waals surface area contributed by atoms with Crippen molar-refractivity contribution in [2.75, 3.05) is 17.6 Å². The van der Waals surface area contributed by atoms with Crippen molar-refractivity contribution < 1.29 is 4.79 Å². The summed E-state index contributed by atoms with van der Waals surface area (Å²) >= 11 is 1.53. The Balaban J connectivity index is 1.79. The smallest absolute Gasteiger partial charge is 0.267 e. The van der Waals surface area contributed by atoms with Crippen molar-refractivity contribution in [1.29, 1.82) is 0 Å². The van der Waals surface area contributed by atoms with E-state index in [1.54, 1.807) is 4.57 Å². The van der Waals surface area contributed by atoms with E-state index in [2.05, 4.69) is 15.6 Å². The fourth-order valence-corrected chi connectivity index (χ4v) is 3.31. The van der Waals surface area contributed by atoms with Gasteiger partial charge in [0.1, 0.15) is 5.56 Å². The summed E-state index contributed by atoms with van der Waals surface area (Å²) < 4.78 is 1.56. The van der Waals surface area contributed by atoms with Crippen molar-refractivity contribution in [3.8, 4) is 0 Å². The molecular weight excluding hydrogens is 312 g/mol. The van der Waals surface area contributed by atoms with Crippen LogP contribution >= 0.6 is 11.8 Å². The van der Waals surface area contributed by atoms with E-state index >= 15 is 0 Å². The number of amides is 1. The average Bonchev–Trinajstić information content (AvgIpc) is 3.03. The molecule has 0 atom stereocenters. The Morgan fingerprint density at radius 3 is 3.13 bits per heavy atom. The lowest BCUT2D eigenvalue weighted by Gasteiger charge is -2.08. The molecule has 2 heterocycles. The molecule has 1 aromatic carbocycles. The summed E-state index contributed by atoms with van der Waals surface area (Å²) in [6.07, 6.45) is 1.37. The molecule has 3 rings (SSSR count). The highest BCUT2D eigenvalue weighted by atomic mass is 32.2. The monoisotopic (exact) mass is 330 g/mol. The second kappa shape index (κ2) is 6.97. The number of hydrogen-bond acceptors (Lipinski definition) is 5. The van der Waals surface area contributed by atoms with Crippen LogP contribution in [0, 0.1) is 0 Å². The third-order valence-corrected chi connectivity index (χ3v) is 4.54. The number of carbonyl (C=O) groups is 1. The summed E-state index contributed by atoms with van der Waals surface area (Å²) in [6, 6.07) is 7.57. The highest BCUT2D eigenvalue weighted by Crippen LogP contribution is 2.20. The van der Waals surface area contributed by atoms with Crippen molar-refractivity contribution in [3.05, 3.63) is 51.9 Å². The Morgan fingerprint density at radius 2 is 2.30 bits per heavy atom. The van der Waals surface area contributed by atoms with Gasteiger partial charge in [0.05, 0.1) is 0 Å². The van der Waals surface area contributed by atoms with Gasteiger partial charge in [0.2, 0.25) is 0 Å². The molecule has 120 valence electrons. The number of hydrogen-bond donors (Lipinski definition) is 2. The van der Waals surface area contributed by atoms with Gasteiger partial charge in [-0.15, -0.1) is 0 Å². The predicted molar refractivity (Wildman–Crippen MR) is 91.0 cm³/mol. The van der Waals surface area contributed by atoms with Crippen molar-refractivity contribution in [2.24, 2.45) is 0 Å². The normalized spacial score (nSPS) is 12.9. The third-order valence-electron chi connectivity index (χ3n) is 3.57. The first-order valence-electron chi connectivity index (χ1n) is 7.52.